The molecule has 52 valence electrons. The van der Waals surface area contributed by atoms with Crippen molar-refractivity contribution in [3.05, 3.63) is 0 Å². The molecule has 0 atom stereocenters. The molecule has 3 heteroatoms. The Morgan fingerprint density at radius 1 is 1.44 bits per heavy atom. The maximum absolute atomic E-state index is 4.89. The first-order valence-corrected chi connectivity index (χ1v) is 3.66. The Morgan fingerprint density at radius 2 is 2.11 bits per heavy atom. The molecular formula is C6H14BNO. The van der Waals surface area contributed by atoms with Crippen molar-refractivity contribution in [1.29, 1.82) is 0 Å². The normalized spacial score (nSPS) is 20.6. The van der Waals surface area contributed by atoms with E-state index in [9.17, 15) is 0 Å². The number of rotatable bonds is 3. The van der Waals surface area contributed by atoms with Gasteiger partial charge in [0.15, 0.2) is 0 Å². The Balaban J connectivity index is 1.98. The van der Waals surface area contributed by atoms with Crippen LogP contribution in [0.2, 0.25) is 0 Å². The van der Waals surface area contributed by atoms with Crippen molar-refractivity contribution in [2.75, 3.05) is 7.11 Å². The second-order valence-electron chi connectivity index (χ2n) is 2.62. The van der Waals surface area contributed by atoms with Gasteiger partial charge in [0.05, 0.1) is 0 Å². The lowest BCUT2D eigenvalue weighted by Gasteiger charge is -2.07. The molecule has 0 aromatic carbocycles. The van der Waals surface area contributed by atoms with Gasteiger partial charge in [0.1, 0.15) is 0 Å². The Morgan fingerprint density at radius 3 is 2.67 bits per heavy atom. The summed E-state index contributed by atoms with van der Waals surface area (Å²) in [6, 6.07) is 0.741. The van der Waals surface area contributed by atoms with E-state index in [4.69, 9.17) is 4.65 Å². The van der Waals surface area contributed by atoms with E-state index in [2.05, 4.69) is 5.23 Å². The van der Waals surface area contributed by atoms with Gasteiger partial charge in [-0.15, -0.1) is 0 Å². The second-order valence-corrected chi connectivity index (χ2v) is 2.62. The van der Waals surface area contributed by atoms with Crippen LogP contribution >= 0.6 is 0 Å². The highest BCUT2D eigenvalue weighted by atomic mass is 16.4. The average molecular weight is 127 g/mol. The number of hydrogen-bond acceptors (Lipinski definition) is 2. The number of hydrogen-bond donors (Lipinski definition) is 1. The molecule has 0 spiro atoms. The van der Waals surface area contributed by atoms with Crippen LogP contribution in [0.5, 0.6) is 0 Å². The third-order valence-corrected chi connectivity index (χ3v) is 1.87. The topological polar surface area (TPSA) is 21.3 Å². The summed E-state index contributed by atoms with van der Waals surface area (Å²) >= 11 is 0. The first kappa shape index (κ1) is 7.10. The molecule has 0 aromatic rings. The van der Waals surface area contributed by atoms with Gasteiger partial charge in [0.2, 0.25) is 0 Å². The van der Waals surface area contributed by atoms with Gasteiger partial charge in [0.25, 0.3) is 0 Å². The van der Waals surface area contributed by atoms with E-state index in [1.165, 1.54) is 25.7 Å². The summed E-state index contributed by atoms with van der Waals surface area (Å²) in [5, 5.41) is 3.31. The van der Waals surface area contributed by atoms with Gasteiger partial charge in [-0.25, -0.2) is 0 Å². The molecule has 1 aliphatic carbocycles. The first-order valence-electron chi connectivity index (χ1n) is 3.66. The molecule has 2 nitrogen and oxygen atoms in total. The van der Waals surface area contributed by atoms with E-state index in [1.54, 1.807) is 7.11 Å². The van der Waals surface area contributed by atoms with E-state index in [0.29, 0.717) is 7.62 Å². The lowest BCUT2D eigenvalue weighted by Crippen LogP contribution is -2.30. The fourth-order valence-corrected chi connectivity index (χ4v) is 1.33. The summed E-state index contributed by atoms with van der Waals surface area (Å²) in [7, 11) is 2.44. The fraction of sp³-hybridized carbons (Fsp3) is 1.00. The molecule has 0 unspecified atom stereocenters. The maximum Gasteiger partial charge on any atom is 0.360 e. The van der Waals surface area contributed by atoms with Gasteiger partial charge in [0, 0.05) is 7.11 Å². The van der Waals surface area contributed by atoms with Gasteiger partial charge < -0.3 is 9.88 Å². The summed E-state index contributed by atoms with van der Waals surface area (Å²) < 4.78 is 4.89. The van der Waals surface area contributed by atoms with Gasteiger partial charge in [-0.05, 0) is 18.9 Å². The SMILES string of the molecule is COBNC1CCCC1. The van der Waals surface area contributed by atoms with E-state index in [-0.39, 0.29) is 0 Å². The van der Waals surface area contributed by atoms with Gasteiger partial charge in [-0.3, -0.25) is 0 Å². The third-order valence-electron chi connectivity index (χ3n) is 1.87. The molecule has 1 N–H and O–H groups in total. The van der Waals surface area contributed by atoms with Crippen LogP contribution in [0.4, 0.5) is 0 Å². The van der Waals surface area contributed by atoms with Crippen molar-refractivity contribution in [1.82, 2.24) is 5.23 Å². The third kappa shape index (κ3) is 2.37. The molecule has 0 heterocycles. The Bertz CT molecular complexity index is 73.5. The summed E-state index contributed by atoms with van der Waals surface area (Å²) in [5.74, 6) is 0. The highest BCUT2D eigenvalue weighted by Crippen LogP contribution is 2.16. The lowest BCUT2D eigenvalue weighted by molar-refractivity contribution is 0.420. The average Bonchev–Trinajstić information content (AvgIpc) is 2.34. The zero-order chi connectivity index (χ0) is 6.53. The molecule has 1 rings (SSSR count). The van der Waals surface area contributed by atoms with Crippen LogP contribution in [0.25, 0.3) is 0 Å². The largest absolute Gasteiger partial charge is 0.427 e. The first-order chi connectivity index (χ1) is 4.43. The molecule has 9 heavy (non-hydrogen) atoms. The van der Waals surface area contributed by atoms with Crippen LogP contribution < -0.4 is 5.23 Å². The Hall–Kier alpha value is -0.0151. The minimum absolute atomic E-state index is 0.713. The monoisotopic (exact) mass is 127 g/mol. The summed E-state index contributed by atoms with van der Waals surface area (Å²) in [6.07, 6.45) is 5.45. The van der Waals surface area contributed by atoms with Gasteiger partial charge >= 0.3 is 7.62 Å². The fourth-order valence-electron chi connectivity index (χ4n) is 1.33. The smallest absolute Gasteiger partial charge is 0.360 e. The molecule has 0 aliphatic heterocycles. The minimum Gasteiger partial charge on any atom is -0.427 e. The van der Waals surface area contributed by atoms with E-state index >= 15 is 0 Å². The molecule has 1 saturated carbocycles. The van der Waals surface area contributed by atoms with E-state index in [1.807, 2.05) is 0 Å². The van der Waals surface area contributed by atoms with E-state index < -0.39 is 0 Å². The van der Waals surface area contributed by atoms with Crippen molar-refractivity contribution in [3.8, 4) is 0 Å². The van der Waals surface area contributed by atoms with Crippen LogP contribution in [0.15, 0.2) is 0 Å². The van der Waals surface area contributed by atoms with Crippen LogP contribution in [0.1, 0.15) is 25.7 Å². The molecule has 0 amide bonds. The van der Waals surface area contributed by atoms with E-state index in [0.717, 1.165) is 6.04 Å². The van der Waals surface area contributed by atoms with Crippen molar-refractivity contribution >= 4 is 7.62 Å². The molecule has 0 aromatic heterocycles. The lowest BCUT2D eigenvalue weighted by atomic mass is 10.1. The second kappa shape index (κ2) is 3.91. The van der Waals surface area contributed by atoms with Crippen LogP contribution in [0.3, 0.4) is 0 Å². The summed E-state index contributed by atoms with van der Waals surface area (Å²) in [6.45, 7) is 0. The zero-order valence-electron chi connectivity index (χ0n) is 6.02. The molecule has 1 fully saturated rings. The van der Waals surface area contributed by atoms with Gasteiger partial charge in [-0.2, -0.15) is 0 Å². The van der Waals surface area contributed by atoms with Crippen molar-refractivity contribution in [3.63, 3.8) is 0 Å². The quantitative estimate of drug-likeness (QED) is 0.555. The predicted octanol–water partition coefficient (Wildman–Crippen LogP) is 0.431. The molecular weight excluding hydrogens is 113 g/mol. The maximum atomic E-state index is 4.89. The molecule has 1 aliphatic rings. The minimum atomic E-state index is 0.713. The summed E-state index contributed by atoms with van der Waals surface area (Å²) in [5.41, 5.74) is 0. The standard InChI is InChI=1S/C6H14BNO/c1-9-7-8-6-4-2-3-5-6/h6-8H,2-5H2,1H3. The van der Waals surface area contributed by atoms with Crippen molar-refractivity contribution in [2.45, 2.75) is 31.7 Å². The highest BCUT2D eigenvalue weighted by Gasteiger charge is 2.13. The van der Waals surface area contributed by atoms with Crippen LogP contribution in [0, 0.1) is 0 Å². The Labute approximate surface area is 57.3 Å². The van der Waals surface area contributed by atoms with Crippen LogP contribution in [-0.4, -0.2) is 20.8 Å². The van der Waals surface area contributed by atoms with Crippen LogP contribution in [-0.2, 0) is 4.65 Å². The Kier molecular flexibility index (Phi) is 3.08. The summed E-state index contributed by atoms with van der Waals surface area (Å²) in [4.78, 5) is 0. The molecule has 0 saturated heterocycles. The van der Waals surface area contributed by atoms with Crippen molar-refractivity contribution in [2.24, 2.45) is 0 Å². The van der Waals surface area contributed by atoms with Crippen molar-refractivity contribution < 1.29 is 4.65 Å². The zero-order valence-corrected chi connectivity index (χ0v) is 6.02. The molecule has 0 radical (unpaired) electrons. The predicted molar refractivity (Wildman–Crippen MR) is 39.5 cm³/mol. The molecule has 0 bridgehead atoms. The highest BCUT2D eigenvalue weighted by molar-refractivity contribution is 6.23. The number of nitrogens with one attached hydrogen (secondary N) is 1. The van der Waals surface area contributed by atoms with Gasteiger partial charge in [-0.1, -0.05) is 12.8 Å².